The molecule has 0 spiro atoms. The lowest BCUT2D eigenvalue weighted by atomic mass is 9.99. The lowest BCUT2D eigenvalue weighted by Gasteiger charge is -2.12. The van der Waals surface area contributed by atoms with Crippen LogP contribution in [0.1, 0.15) is 18.1 Å². The lowest BCUT2D eigenvalue weighted by Crippen LogP contribution is -2.04. The molecule has 0 bridgehead atoms. The third-order valence-electron chi connectivity index (χ3n) is 3.13. The average molecular weight is 270 g/mol. The molecule has 0 N–H and O–H groups in total. The zero-order valence-electron chi connectivity index (χ0n) is 12.2. The molecule has 0 amide bonds. The van der Waals surface area contributed by atoms with Crippen molar-refractivity contribution >= 4 is 5.97 Å². The molecule has 0 aromatic heterocycles. The van der Waals surface area contributed by atoms with Crippen molar-refractivity contribution in [3.8, 4) is 22.6 Å². The van der Waals surface area contributed by atoms with E-state index in [2.05, 4.69) is 0 Å². The van der Waals surface area contributed by atoms with Gasteiger partial charge in [0.25, 0.3) is 0 Å². The third-order valence-corrected chi connectivity index (χ3v) is 3.13. The fraction of sp³-hybridized carbons (Fsp3) is 0.235. The fourth-order valence-electron chi connectivity index (χ4n) is 2.21. The molecule has 2 rings (SSSR count). The topological polar surface area (TPSA) is 35.5 Å². The number of rotatable bonds is 3. The number of hydrogen-bond acceptors (Lipinski definition) is 3. The number of benzene rings is 2. The van der Waals surface area contributed by atoms with Gasteiger partial charge in [0.2, 0.25) is 0 Å². The largest absolute Gasteiger partial charge is 0.497 e. The van der Waals surface area contributed by atoms with E-state index in [1.807, 2.05) is 50.2 Å². The molecule has 0 atom stereocenters. The van der Waals surface area contributed by atoms with Gasteiger partial charge in [0.05, 0.1) is 7.11 Å². The molecule has 3 nitrogen and oxygen atoms in total. The van der Waals surface area contributed by atoms with Crippen molar-refractivity contribution in [2.45, 2.75) is 20.8 Å². The van der Waals surface area contributed by atoms with Gasteiger partial charge in [0, 0.05) is 6.92 Å². The van der Waals surface area contributed by atoms with E-state index in [4.69, 9.17) is 9.47 Å². The van der Waals surface area contributed by atoms with Gasteiger partial charge in [0.15, 0.2) is 0 Å². The van der Waals surface area contributed by atoms with Gasteiger partial charge < -0.3 is 9.47 Å². The van der Waals surface area contributed by atoms with E-state index in [1.54, 1.807) is 7.11 Å². The molecular weight excluding hydrogens is 252 g/mol. The maximum Gasteiger partial charge on any atom is 0.308 e. The van der Waals surface area contributed by atoms with Crippen LogP contribution in [0.15, 0.2) is 36.4 Å². The Morgan fingerprint density at radius 3 is 1.95 bits per heavy atom. The van der Waals surface area contributed by atoms with Gasteiger partial charge in [0.1, 0.15) is 11.5 Å². The van der Waals surface area contributed by atoms with Crippen LogP contribution in [0.5, 0.6) is 11.5 Å². The van der Waals surface area contributed by atoms with E-state index in [1.165, 1.54) is 6.92 Å². The van der Waals surface area contributed by atoms with E-state index in [9.17, 15) is 4.79 Å². The highest BCUT2D eigenvalue weighted by atomic mass is 16.5. The molecule has 0 heterocycles. The SMILES string of the molecule is COc1ccc(-c2cc(C)c(OC(C)=O)c(C)c2)cc1. The number of carbonyl (C=O) groups is 1. The van der Waals surface area contributed by atoms with E-state index in [-0.39, 0.29) is 5.97 Å². The Kier molecular flexibility index (Phi) is 4.08. The van der Waals surface area contributed by atoms with Crippen LogP contribution >= 0.6 is 0 Å². The Morgan fingerprint density at radius 2 is 1.50 bits per heavy atom. The molecule has 0 aliphatic heterocycles. The number of esters is 1. The number of carbonyl (C=O) groups excluding carboxylic acids is 1. The normalized spacial score (nSPS) is 10.2. The molecule has 0 saturated carbocycles. The summed E-state index contributed by atoms with van der Waals surface area (Å²) < 4.78 is 10.4. The van der Waals surface area contributed by atoms with Crippen LogP contribution in [0.4, 0.5) is 0 Å². The summed E-state index contributed by atoms with van der Waals surface area (Å²) >= 11 is 0. The van der Waals surface area contributed by atoms with Gasteiger partial charge >= 0.3 is 5.97 Å². The molecule has 0 aliphatic rings. The summed E-state index contributed by atoms with van der Waals surface area (Å²) in [5.74, 6) is 1.18. The average Bonchev–Trinajstić information content (AvgIpc) is 2.42. The highest BCUT2D eigenvalue weighted by Gasteiger charge is 2.09. The van der Waals surface area contributed by atoms with Gasteiger partial charge in [-0.2, -0.15) is 0 Å². The predicted molar refractivity (Wildman–Crippen MR) is 79.2 cm³/mol. The quantitative estimate of drug-likeness (QED) is 0.626. The van der Waals surface area contributed by atoms with Crippen molar-refractivity contribution in [2.24, 2.45) is 0 Å². The molecule has 3 heteroatoms. The first-order valence-corrected chi connectivity index (χ1v) is 6.45. The molecule has 2 aromatic carbocycles. The van der Waals surface area contributed by atoms with Crippen LogP contribution in [0.3, 0.4) is 0 Å². The van der Waals surface area contributed by atoms with Crippen LogP contribution in [0, 0.1) is 13.8 Å². The number of methoxy groups -OCH3 is 1. The summed E-state index contributed by atoms with van der Waals surface area (Å²) in [4.78, 5) is 11.1. The number of ether oxygens (including phenoxy) is 2. The number of hydrogen-bond donors (Lipinski definition) is 0. The molecule has 0 unspecified atom stereocenters. The predicted octanol–water partition coefficient (Wildman–Crippen LogP) is 3.90. The number of aryl methyl sites for hydroxylation is 2. The van der Waals surface area contributed by atoms with Crippen molar-refractivity contribution in [3.63, 3.8) is 0 Å². The summed E-state index contributed by atoms with van der Waals surface area (Å²) in [6, 6.07) is 11.9. The zero-order valence-corrected chi connectivity index (χ0v) is 12.2. The van der Waals surface area contributed by atoms with Crippen LogP contribution in [0.2, 0.25) is 0 Å². The van der Waals surface area contributed by atoms with E-state index in [0.29, 0.717) is 5.75 Å². The molecule has 104 valence electrons. The van der Waals surface area contributed by atoms with Crippen molar-refractivity contribution in [1.29, 1.82) is 0 Å². The van der Waals surface area contributed by atoms with Crippen LogP contribution < -0.4 is 9.47 Å². The van der Waals surface area contributed by atoms with Crippen molar-refractivity contribution in [1.82, 2.24) is 0 Å². The molecule has 0 fully saturated rings. The summed E-state index contributed by atoms with van der Waals surface area (Å²) in [5, 5.41) is 0. The van der Waals surface area contributed by atoms with E-state index < -0.39 is 0 Å². The second kappa shape index (κ2) is 5.78. The minimum Gasteiger partial charge on any atom is -0.497 e. The lowest BCUT2D eigenvalue weighted by molar-refractivity contribution is -0.131. The first kappa shape index (κ1) is 14.1. The Labute approximate surface area is 119 Å². The maximum atomic E-state index is 11.1. The van der Waals surface area contributed by atoms with Crippen molar-refractivity contribution < 1.29 is 14.3 Å². The molecule has 20 heavy (non-hydrogen) atoms. The highest BCUT2D eigenvalue weighted by molar-refractivity contribution is 5.73. The van der Waals surface area contributed by atoms with Crippen LogP contribution in [0.25, 0.3) is 11.1 Å². The molecule has 0 aliphatic carbocycles. The molecule has 0 radical (unpaired) electrons. The zero-order chi connectivity index (χ0) is 14.7. The summed E-state index contributed by atoms with van der Waals surface area (Å²) in [6.07, 6.45) is 0. The van der Waals surface area contributed by atoms with E-state index >= 15 is 0 Å². The van der Waals surface area contributed by atoms with Gasteiger partial charge in [-0.05, 0) is 60.4 Å². The summed E-state index contributed by atoms with van der Waals surface area (Å²) in [7, 11) is 1.65. The molecular formula is C17H18O3. The summed E-state index contributed by atoms with van der Waals surface area (Å²) in [5.41, 5.74) is 4.10. The fourth-order valence-corrected chi connectivity index (χ4v) is 2.21. The highest BCUT2D eigenvalue weighted by Crippen LogP contribution is 2.31. The Balaban J connectivity index is 2.40. The monoisotopic (exact) mass is 270 g/mol. The van der Waals surface area contributed by atoms with Crippen LogP contribution in [-0.2, 0) is 4.79 Å². The molecule has 2 aromatic rings. The van der Waals surface area contributed by atoms with Crippen LogP contribution in [-0.4, -0.2) is 13.1 Å². The maximum absolute atomic E-state index is 11.1. The Hall–Kier alpha value is -2.29. The van der Waals surface area contributed by atoms with E-state index in [0.717, 1.165) is 28.0 Å². The smallest absolute Gasteiger partial charge is 0.308 e. The Morgan fingerprint density at radius 1 is 0.950 bits per heavy atom. The second-order valence-electron chi connectivity index (χ2n) is 4.76. The molecule has 0 saturated heterocycles. The van der Waals surface area contributed by atoms with Crippen molar-refractivity contribution in [3.05, 3.63) is 47.5 Å². The van der Waals surface area contributed by atoms with Gasteiger partial charge in [-0.25, -0.2) is 0 Å². The second-order valence-corrected chi connectivity index (χ2v) is 4.76. The minimum atomic E-state index is -0.298. The summed E-state index contributed by atoms with van der Waals surface area (Å²) in [6.45, 7) is 5.30. The first-order valence-electron chi connectivity index (χ1n) is 6.45. The first-order chi connectivity index (χ1) is 9.51. The minimum absolute atomic E-state index is 0.298. The van der Waals surface area contributed by atoms with Crippen molar-refractivity contribution in [2.75, 3.05) is 7.11 Å². The van der Waals surface area contributed by atoms with Gasteiger partial charge in [-0.3, -0.25) is 4.79 Å². The van der Waals surface area contributed by atoms with Gasteiger partial charge in [-0.1, -0.05) is 12.1 Å². The Bertz CT molecular complexity index is 604. The standard InChI is InChI=1S/C17H18O3/c1-11-9-15(10-12(2)17(11)20-13(3)18)14-5-7-16(19-4)8-6-14/h5-10H,1-4H3. The van der Waals surface area contributed by atoms with Gasteiger partial charge in [-0.15, -0.1) is 0 Å². The third kappa shape index (κ3) is 2.99.